The lowest BCUT2D eigenvalue weighted by atomic mass is 9.75. The molecule has 1 aliphatic heterocycles. The van der Waals surface area contributed by atoms with Crippen molar-refractivity contribution >= 4 is 17.7 Å². The Kier molecular flexibility index (Phi) is 6.69. The second-order valence-electron chi connectivity index (χ2n) is 6.73. The SMILES string of the molecule is C=C(C)CNC(=O)C[C@]1(c2ccccc2)CC(=O)N(CCCOC)C1=O. The monoisotopic (exact) mass is 358 g/mol. The van der Waals surface area contributed by atoms with E-state index in [2.05, 4.69) is 11.9 Å². The zero-order chi connectivity index (χ0) is 19.2. The van der Waals surface area contributed by atoms with Crippen molar-refractivity contribution in [2.75, 3.05) is 26.8 Å². The Morgan fingerprint density at radius 2 is 2.00 bits per heavy atom. The quantitative estimate of drug-likeness (QED) is 0.415. The minimum Gasteiger partial charge on any atom is -0.385 e. The highest BCUT2D eigenvalue weighted by atomic mass is 16.5. The predicted molar refractivity (Wildman–Crippen MR) is 98.4 cm³/mol. The van der Waals surface area contributed by atoms with Gasteiger partial charge in [0.25, 0.3) is 0 Å². The third kappa shape index (κ3) is 4.38. The molecule has 0 saturated carbocycles. The van der Waals surface area contributed by atoms with E-state index in [9.17, 15) is 14.4 Å². The van der Waals surface area contributed by atoms with Crippen molar-refractivity contribution in [3.05, 3.63) is 48.0 Å². The topological polar surface area (TPSA) is 75.7 Å². The average Bonchev–Trinajstić information content (AvgIpc) is 2.86. The van der Waals surface area contributed by atoms with Crippen molar-refractivity contribution in [1.29, 1.82) is 0 Å². The van der Waals surface area contributed by atoms with Crippen LogP contribution in [0.4, 0.5) is 0 Å². The number of nitrogens with one attached hydrogen (secondary N) is 1. The van der Waals surface area contributed by atoms with Crippen LogP contribution in [0.2, 0.25) is 0 Å². The van der Waals surface area contributed by atoms with Crippen LogP contribution in [0.5, 0.6) is 0 Å². The molecule has 0 spiro atoms. The molecule has 3 amide bonds. The van der Waals surface area contributed by atoms with Crippen molar-refractivity contribution in [2.45, 2.75) is 31.6 Å². The summed E-state index contributed by atoms with van der Waals surface area (Å²) in [4.78, 5) is 39.4. The van der Waals surface area contributed by atoms with E-state index in [0.717, 1.165) is 5.57 Å². The number of hydrogen-bond donors (Lipinski definition) is 1. The van der Waals surface area contributed by atoms with Gasteiger partial charge < -0.3 is 10.1 Å². The van der Waals surface area contributed by atoms with Gasteiger partial charge in [-0.05, 0) is 18.9 Å². The van der Waals surface area contributed by atoms with Gasteiger partial charge in [-0.1, -0.05) is 42.5 Å². The van der Waals surface area contributed by atoms with Gasteiger partial charge in [0.15, 0.2) is 0 Å². The first-order chi connectivity index (χ1) is 12.4. The summed E-state index contributed by atoms with van der Waals surface area (Å²) in [6.45, 7) is 6.69. The van der Waals surface area contributed by atoms with Crippen LogP contribution in [0.25, 0.3) is 0 Å². The highest BCUT2D eigenvalue weighted by Crippen LogP contribution is 2.39. The summed E-state index contributed by atoms with van der Waals surface area (Å²) < 4.78 is 5.01. The lowest BCUT2D eigenvalue weighted by Gasteiger charge is -2.27. The lowest BCUT2D eigenvalue weighted by Crippen LogP contribution is -2.42. The van der Waals surface area contributed by atoms with Crippen molar-refractivity contribution in [2.24, 2.45) is 0 Å². The van der Waals surface area contributed by atoms with Crippen LogP contribution in [-0.4, -0.2) is 49.4 Å². The minimum atomic E-state index is -1.15. The second kappa shape index (κ2) is 8.76. The van der Waals surface area contributed by atoms with Crippen LogP contribution in [0, 0.1) is 0 Å². The molecule has 0 unspecified atom stereocenters. The molecule has 1 aromatic rings. The highest BCUT2D eigenvalue weighted by Gasteiger charge is 2.53. The Morgan fingerprint density at radius 1 is 1.31 bits per heavy atom. The smallest absolute Gasteiger partial charge is 0.240 e. The van der Waals surface area contributed by atoms with Crippen LogP contribution < -0.4 is 5.32 Å². The maximum Gasteiger partial charge on any atom is 0.240 e. The van der Waals surface area contributed by atoms with E-state index >= 15 is 0 Å². The van der Waals surface area contributed by atoms with Crippen LogP contribution in [0.15, 0.2) is 42.5 Å². The third-order valence-electron chi connectivity index (χ3n) is 4.51. The molecule has 1 aliphatic rings. The van der Waals surface area contributed by atoms with Gasteiger partial charge in [0.1, 0.15) is 0 Å². The molecule has 26 heavy (non-hydrogen) atoms. The Balaban J connectivity index is 2.27. The molecule has 2 rings (SSSR count). The average molecular weight is 358 g/mol. The Morgan fingerprint density at radius 3 is 2.62 bits per heavy atom. The summed E-state index contributed by atoms with van der Waals surface area (Å²) in [6, 6.07) is 9.07. The van der Waals surface area contributed by atoms with Crippen LogP contribution in [0.3, 0.4) is 0 Å². The van der Waals surface area contributed by atoms with Crippen LogP contribution >= 0.6 is 0 Å². The van der Waals surface area contributed by atoms with E-state index < -0.39 is 5.41 Å². The van der Waals surface area contributed by atoms with Crippen molar-refractivity contribution in [3.63, 3.8) is 0 Å². The van der Waals surface area contributed by atoms with E-state index in [1.54, 1.807) is 19.2 Å². The molecule has 0 bridgehead atoms. The molecule has 6 heteroatoms. The number of benzene rings is 1. The largest absolute Gasteiger partial charge is 0.385 e. The molecular weight excluding hydrogens is 332 g/mol. The van der Waals surface area contributed by atoms with Crippen LogP contribution in [0.1, 0.15) is 31.7 Å². The summed E-state index contributed by atoms with van der Waals surface area (Å²) in [5.74, 6) is -0.824. The van der Waals surface area contributed by atoms with Gasteiger partial charge in [0, 0.05) is 39.6 Å². The van der Waals surface area contributed by atoms with Crippen molar-refractivity contribution in [3.8, 4) is 0 Å². The normalized spacial score (nSPS) is 19.7. The number of hydrogen-bond acceptors (Lipinski definition) is 4. The third-order valence-corrected chi connectivity index (χ3v) is 4.51. The van der Waals surface area contributed by atoms with Gasteiger partial charge in [-0.15, -0.1) is 0 Å². The molecule has 0 aromatic heterocycles. The zero-order valence-corrected chi connectivity index (χ0v) is 15.4. The molecule has 1 aromatic carbocycles. The number of rotatable bonds is 9. The number of ether oxygens (including phenoxy) is 1. The zero-order valence-electron chi connectivity index (χ0n) is 15.4. The van der Waals surface area contributed by atoms with Crippen molar-refractivity contribution in [1.82, 2.24) is 10.2 Å². The Labute approximate surface area is 154 Å². The molecule has 0 aliphatic carbocycles. The van der Waals surface area contributed by atoms with E-state index in [1.165, 1.54) is 4.90 Å². The number of nitrogens with zero attached hydrogens (tertiary/aromatic N) is 1. The van der Waals surface area contributed by atoms with Crippen molar-refractivity contribution < 1.29 is 19.1 Å². The van der Waals surface area contributed by atoms with Gasteiger partial charge >= 0.3 is 0 Å². The fourth-order valence-corrected chi connectivity index (χ4v) is 3.20. The second-order valence-corrected chi connectivity index (χ2v) is 6.73. The van der Waals surface area contributed by atoms with E-state index in [0.29, 0.717) is 31.7 Å². The molecule has 6 nitrogen and oxygen atoms in total. The molecule has 0 radical (unpaired) electrons. The van der Waals surface area contributed by atoms with E-state index in [4.69, 9.17) is 4.74 Å². The summed E-state index contributed by atoms with van der Waals surface area (Å²) in [5, 5.41) is 2.77. The number of carbonyl (C=O) groups excluding carboxylic acids is 3. The first-order valence-corrected chi connectivity index (χ1v) is 8.71. The lowest BCUT2D eigenvalue weighted by molar-refractivity contribution is -0.141. The summed E-state index contributed by atoms with van der Waals surface area (Å²) >= 11 is 0. The van der Waals surface area contributed by atoms with Crippen LogP contribution in [-0.2, 0) is 24.5 Å². The maximum atomic E-state index is 13.2. The predicted octanol–water partition coefficient (Wildman–Crippen LogP) is 1.80. The first kappa shape index (κ1) is 19.8. The molecule has 140 valence electrons. The van der Waals surface area contributed by atoms with Gasteiger partial charge in [0.05, 0.1) is 5.41 Å². The van der Waals surface area contributed by atoms with Gasteiger partial charge in [-0.2, -0.15) is 0 Å². The van der Waals surface area contributed by atoms with Gasteiger partial charge in [0.2, 0.25) is 17.7 Å². The number of amides is 3. The number of imide groups is 1. The maximum absolute atomic E-state index is 13.2. The molecule has 1 fully saturated rings. The number of carbonyl (C=O) groups is 3. The molecule has 1 saturated heterocycles. The van der Waals surface area contributed by atoms with Gasteiger partial charge in [-0.25, -0.2) is 0 Å². The molecule has 1 N–H and O–H groups in total. The fourth-order valence-electron chi connectivity index (χ4n) is 3.20. The molecular formula is C20H26N2O4. The highest BCUT2D eigenvalue weighted by molar-refractivity contribution is 6.10. The van der Waals surface area contributed by atoms with Gasteiger partial charge in [-0.3, -0.25) is 19.3 Å². The summed E-state index contributed by atoms with van der Waals surface area (Å²) in [5.41, 5.74) is 0.366. The number of methoxy groups -OCH3 is 1. The first-order valence-electron chi connectivity index (χ1n) is 8.71. The number of likely N-dealkylation sites (tertiary alicyclic amines) is 1. The Bertz CT molecular complexity index is 686. The van der Waals surface area contributed by atoms with E-state index in [-0.39, 0.29) is 30.6 Å². The fraction of sp³-hybridized carbons (Fsp3) is 0.450. The summed E-state index contributed by atoms with van der Waals surface area (Å²) in [6.07, 6.45) is 0.514. The Hall–Kier alpha value is -2.47. The molecule has 1 atom stereocenters. The minimum absolute atomic E-state index is 0.00329. The standard InChI is InChI=1S/C20H26N2O4/c1-15(2)14-21-17(23)12-20(16-8-5-4-6-9-16)13-18(24)22(19(20)25)10-7-11-26-3/h4-6,8-9H,1,7,10-14H2,2-3H3,(H,21,23)/t20-/m1/s1. The molecule has 1 heterocycles. The summed E-state index contributed by atoms with van der Waals surface area (Å²) in [7, 11) is 1.58. The van der Waals surface area contributed by atoms with E-state index in [1.807, 2.05) is 25.1 Å².